The lowest BCUT2D eigenvalue weighted by Crippen LogP contribution is -2.35. The van der Waals surface area contributed by atoms with Gasteiger partial charge in [-0.25, -0.2) is 4.98 Å². The summed E-state index contributed by atoms with van der Waals surface area (Å²) in [5, 5.41) is 10.3. The predicted molar refractivity (Wildman–Crippen MR) is 92.2 cm³/mol. The number of rotatable bonds is 1. The van der Waals surface area contributed by atoms with Gasteiger partial charge in [-0.2, -0.15) is 0 Å². The average molecular weight is 335 g/mol. The van der Waals surface area contributed by atoms with E-state index in [1.54, 1.807) is 29.3 Å². The molecular weight excluding hydrogens is 318 g/mol. The molecule has 0 fully saturated rings. The zero-order valence-corrected chi connectivity index (χ0v) is 13.5. The van der Waals surface area contributed by atoms with Crippen LogP contribution in [0.5, 0.6) is 0 Å². The molecule has 4 rings (SSSR count). The standard InChI is InChI=1S/C19H17N3O3/c23-16-8-10-21(12-13-5-1-2-6-14(13)16)18(24)15-11-20-17-7-3-4-9-22(17)19(15)25/h1-7,9,11,16,23H,8,10,12H2. The summed E-state index contributed by atoms with van der Waals surface area (Å²) in [6, 6.07) is 12.8. The smallest absolute Gasteiger partial charge is 0.270 e. The summed E-state index contributed by atoms with van der Waals surface area (Å²) in [5.41, 5.74) is 1.90. The van der Waals surface area contributed by atoms with E-state index >= 15 is 0 Å². The molecule has 6 nitrogen and oxygen atoms in total. The fourth-order valence-corrected chi connectivity index (χ4v) is 3.24. The molecule has 0 bridgehead atoms. The molecule has 0 saturated heterocycles. The van der Waals surface area contributed by atoms with Crippen molar-refractivity contribution in [1.82, 2.24) is 14.3 Å². The fraction of sp³-hybridized carbons (Fsp3) is 0.211. The summed E-state index contributed by atoms with van der Waals surface area (Å²) in [6.07, 6.45) is 2.77. The van der Waals surface area contributed by atoms with Crippen molar-refractivity contribution in [2.75, 3.05) is 6.54 Å². The molecule has 1 aliphatic heterocycles. The molecule has 0 radical (unpaired) electrons. The molecule has 1 aliphatic rings. The van der Waals surface area contributed by atoms with Crippen molar-refractivity contribution in [3.05, 3.63) is 81.9 Å². The molecule has 2 aromatic heterocycles. The first-order chi connectivity index (χ1) is 12.1. The highest BCUT2D eigenvalue weighted by Crippen LogP contribution is 2.26. The second-order valence-electron chi connectivity index (χ2n) is 6.14. The molecule has 3 aromatic rings. The average Bonchev–Trinajstić information content (AvgIpc) is 2.81. The summed E-state index contributed by atoms with van der Waals surface area (Å²) in [6.45, 7) is 0.745. The molecular formula is C19H17N3O3. The lowest BCUT2D eigenvalue weighted by Gasteiger charge is -2.20. The van der Waals surface area contributed by atoms with Crippen molar-refractivity contribution in [3.63, 3.8) is 0 Å². The Morgan fingerprint density at radius 2 is 1.96 bits per heavy atom. The normalized spacial score (nSPS) is 17.2. The Morgan fingerprint density at radius 3 is 2.84 bits per heavy atom. The number of amides is 1. The highest BCUT2D eigenvalue weighted by atomic mass is 16.3. The van der Waals surface area contributed by atoms with E-state index in [1.165, 1.54) is 10.6 Å². The third-order valence-corrected chi connectivity index (χ3v) is 4.58. The Balaban J connectivity index is 1.72. The van der Waals surface area contributed by atoms with Gasteiger partial charge in [-0.3, -0.25) is 14.0 Å². The van der Waals surface area contributed by atoms with Crippen LogP contribution < -0.4 is 5.56 Å². The van der Waals surface area contributed by atoms with E-state index in [-0.39, 0.29) is 17.0 Å². The first-order valence-corrected chi connectivity index (χ1v) is 8.16. The minimum atomic E-state index is -0.607. The number of carbonyl (C=O) groups excluding carboxylic acids is 1. The van der Waals surface area contributed by atoms with Gasteiger partial charge in [0.25, 0.3) is 11.5 Å². The Labute approximate surface area is 144 Å². The van der Waals surface area contributed by atoms with Crippen LogP contribution in [0.2, 0.25) is 0 Å². The summed E-state index contributed by atoms with van der Waals surface area (Å²) in [5.74, 6) is -0.361. The number of hydrogen-bond donors (Lipinski definition) is 1. The highest BCUT2D eigenvalue weighted by molar-refractivity contribution is 5.93. The van der Waals surface area contributed by atoms with Gasteiger partial charge in [0.1, 0.15) is 11.2 Å². The Morgan fingerprint density at radius 1 is 1.16 bits per heavy atom. The molecule has 1 N–H and O–H groups in total. The number of benzene rings is 1. The van der Waals surface area contributed by atoms with Crippen molar-refractivity contribution in [2.45, 2.75) is 19.1 Å². The van der Waals surface area contributed by atoms with Gasteiger partial charge in [-0.15, -0.1) is 0 Å². The summed E-state index contributed by atoms with van der Waals surface area (Å²) in [4.78, 5) is 31.4. The van der Waals surface area contributed by atoms with Crippen molar-refractivity contribution in [1.29, 1.82) is 0 Å². The predicted octanol–water partition coefficient (Wildman–Crippen LogP) is 1.77. The van der Waals surface area contributed by atoms with Gasteiger partial charge in [0.2, 0.25) is 0 Å². The quantitative estimate of drug-likeness (QED) is 0.735. The second kappa shape index (κ2) is 6.14. The number of carbonyl (C=O) groups is 1. The molecule has 0 saturated carbocycles. The van der Waals surface area contributed by atoms with E-state index in [0.717, 1.165) is 11.1 Å². The number of nitrogens with zero attached hydrogens (tertiary/aromatic N) is 3. The maximum Gasteiger partial charge on any atom is 0.270 e. The number of hydrogen-bond acceptors (Lipinski definition) is 4. The number of aliphatic hydroxyl groups excluding tert-OH is 1. The highest BCUT2D eigenvalue weighted by Gasteiger charge is 2.26. The van der Waals surface area contributed by atoms with Crippen LogP contribution in [0.25, 0.3) is 5.65 Å². The zero-order chi connectivity index (χ0) is 17.4. The molecule has 25 heavy (non-hydrogen) atoms. The molecule has 0 aliphatic carbocycles. The van der Waals surface area contributed by atoms with Gasteiger partial charge in [0.05, 0.1) is 6.10 Å². The third-order valence-electron chi connectivity index (χ3n) is 4.58. The van der Waals surface area contributed by atoms with Crippen molar-refractivity contribution < 1.29 is 9.90 Å². The van der Waals surface area contributed by atoms with Gasteiger partial charge < -0.3 is 10.0 Å². The largest absolute Gasteiger partial charge is 0.388 e. The summed E-state index contributed by atoms with van der Waals surface area (Å²) >= 11 is 0. The first-order valence-electron chi connectivity index (χ1n) is 8.16. The minimum Gasteiger partial charge on any atom is -0.388 e. The topological polar surface area (TPSA) is 74.9 Å². The van der Waals surface area contributed by atoms with Crippen molar-refractivity contribution >= 4 is 11.6 Å². The Hall–Kier alpha value is -2.99. The Bertz CT molecular complexity index is 1010. The maximum absolute atomic E-state index is 12.9. The van der Waals surface area contributed by atoms with Crippen LogP contribution >= 0.6 is 0 Å². The molecule has 1 atom stereocenters. The lowest BCUT2D eigenvalue weighted by atomic mass is 10.0. The van der Waals surface area contributed by atoms with E-state index in [4.69, 9.17) is 0 Å². The van der Waals surface area contributed by atoms with Gasteiger partial charge >= 0.3 is 0 Å². The number of pyridine rings is 1. The van der Waals surface area contributed by atoms with E-state index in [2.05, 4.69) is 4.98 Å². The Kier molecular flexibility index (Phi) is 3.82. The van der Waals surface area contributed by atoms with Gasteiger partial charge in [-0.05, 0) is 29.7 Å². The molecule has 1 aromatic carbocycles. The molecule has 0 spiro atoms. The van der Waals surface area contributed by atoms with Gasteiger partial charge in [0.15, 0.2) is 0 Å². The molecule has 1 unspecified atom stereocenters. The lowest BCUT2D eigenvalue weighted by molar-refractivity contribution is 0.0720. The third kappa shape index (κ3) is 2.70. The summed E-state index contributed by atoms with van der Waals surface area (Å²) < 4.78 is 1.37. The first kappa shape index (κ1) is 15.5. The monoisotopic (exact) mass is 335 g/mol. The van der Waals surface area contributed by atoms with Gasteiger partial charge in [-0.1, -0.05) is 30.3 Å². The van der Waals surface area contributed by atoms with E-state index < -0.39 is 6.10 Å². The van der Waals surface area contributed by atoms with Crippen LogP contribution in [0.1, 0.15) is 34.0 Å². The van der Waals surface area contributed by atoms with Crippen LogP contribution in [0.4, 0.5) is 0 Å². The SMILES string of the molecule is O=C(c1cnc2ccccn2c1=O)N1CCC(O)c2ccccc2C1. The van der Waals surface area contributed by atoms with Crippen molar-refractivity contribution in [3.8, 4) is 0 Å². The zero-order valence-electron chi connectivity index (χ0n) is 13.5. The van der Waals surface area contributed by atoms with E-state index in [0.29, 0.717) is 25.2 Å². The van der Waals surface area contributed by atoms with Crippen LogP contribution in [0, 0.1) is 0 Å². The van der Waals surface area contributed by atoms with Crippen molar-refractivity contribution in [2.24, 2.45) is 0 Å². The second-order valence-corrected chi connectivity index (χ2v) is 6.14. The van der Waals surface area contributed by atoms with Gasteiger partial charge in [0, 0.05) is 25.5 Å². The summed E-state index contributed by atoms with van der Waals surface area (Å²) in [7, 11) is 0. The fourth-order valence-electron chi connectivity index (χ4n) is 3.24. The minimum absolute atomic E-state index is 0.0394. The van der Waals surface area contributed by atoms with E-state index in [9.17, 15) is 14.7 Å². The molecule has 6 heteroatoms. The number of aliphatic hydroxyl groups is 1. The molecule has 1 amide bonds. The molecule has 126 valence electrons. The molecule has 3 heterocycles. The van der Waals surface area contributed by atoms with Crippen LogP contribution in [-0.2, 0) is 6.54 Å². The number of fused-ring (bicyclic) bond motifs is 2. The number of aromatic nitrogens is 2. The van der Waals surface area contributed by atoms with Crippen LogP contribution in [-0.4, -0.2) is 31.8 Å². The van der Waals surface area contributed by atoms with E-state index in [1.807, 2.05) is 24.3 Å². The van der Waals surface area contributed by atoms with Crippen LogP contribution in [0.3, 0.4) is 0 Å². The maximum atomic E-state index is 12.9. The van der Waals surface area contributed by atoms with Crippen LogP contribution in [0.15, 0.2) is 59.7 Å².